The Balaban J connectivity index is 1.96. The molecule has 0 bridgehead atoms. The maximum atomic E-state index is 13.3. The molecule has 2 aromatic rings. The Labute approximate surface area is 118 Å². The maximum Gasteiger partial charge on any atom is 0.254 e. The fourth-order valence-electron chi connectivity index (χ4n) is 2.11. The van der Waals surface area contributed by atoms with E-state index in [0.29, 0.717) is 18.6 Å². The molecule has 5 nitrogen and oxygen atoms in total. The van der Waals surface area contributed by atoms with E-state index in [1.807, 2.05) is 0 Å². The van der Waals surface area contributed by atoms with Gasteiger partial charge < -0.3 is 0 Å². The molecule has 1 fully saturated rings. The third kappa shape index (κ3) is 2.54. The van der Waals surface area contributed by atoms with Crippen LogP contribution in [-0.4, -0.2) is 21.6 Å². The summed E-state index contributed by atoms with van der Waals surface area (Å²) in [5.41, 5.74) is 0.455. The highest BCUT2D eigenvalue weighted by atomic mass is 35.5. The van der Waals surface area contributed by atoms with Gasteiger partial charge in [0.25, 0.3) is 5.95 Å². The van der Waals surface area contributed by atoms with Crippen LogP contribution in [0.2, 0.25) is 5.28 Å². The summed E-state index contributed by atoms with van der Waals surface area (Å²) >= 11 is 5.70. The van der Waals surface area contributed by atoms with Crippen molar-refractivity contribution < 1.29 is 13.6 Å². The summed E-state index contributed by atoms with van der Waals surface area (Å²) in [7, 11) is 0. The molecular formula is C12H9ClF2N4O. The summed E-state index contributed by atoms with van der Waals surface area (Å²) in [4.78, 5) is 17.0. The zero-order valence-electron chi connectivity index (χ0n) is 10.1. The number of benzene rings is 1. The Morgan fingerprint density at radius 3 is 2.65 bits per heavy atom. The molecule has 0 unspecified atom stereocenters. The maximum absolute atomic E-state index is 13.3. The Morgan fingerprint density at radius 2 is 1.95 bits per heavy atom. The van der Waals surface area contributed by atoms with E-state index in [4.69, 9.17) is 16.4 Å². The number of halogens is 3. The van der Waals surface area contributed by atoms with Crippen LogP contribution in [0.5, 0.6) is 0 Å². The second-order valence-electron chi connectivity index (χ2n) is 4.22. The minimum atomic E-state index is -0.638. The van der Waals surface area contributed by atoms with Gasteiger partial charge in [-0.25, -0.2) is 18.8 Å². The molecule has 0 N–H and O–H groups in total. The zero-order valence-corrected chi connectivity index (χ0v) is 10.9. The number of nitrogens with zero attached hydrogens (tertiary/aromatic N) is 4. The van der Waals surface area contributed by atoms with Gasteiger partial charge >= 0.3 is 0 Å². The van der Waals surface area contributed by atoms with Gasteiger partial charge in [-0.15, -0.1) is 0 Å². The van der Waals surface area contributed by atoms with E-state index >= 15 is 0 Å². The summed E-state index contributed by atoms with van der Waals surface area (Å²) in [6.07, 6.45) is 1.81. The molecule has 1 atom stereocenters. The van der Waals surface area contributed by atoms with E-state index in [0.717, 1.165) is 6.07 Å². The third-order valence-electron chi connectivity index (χ3n) is 2.90. The standard InChI is InChI=1S/C12H9ClF2N4O/c13-11-16-6-17-12(18-11)19-10(1-2-20-19)7-3-8(14)5-9(15)4-7/h3-6,10H,1-2H2/t10-/m1/s1. The van der Waals surface area contributed by atoms with Crippen LogP contribution in [-0.2, 0) is 4.84 Å². The van der Waals surface area contributed by atoms with Crippen molar-refractivity contribution in [3.63, 3.8) is 0 Å². The topological polar surface area (TPSA) is 51.1 Å². The lowest BCUT2D eigenvalue weighted by Gasteiger charge is -2.22. The van der Waals surface area contributed by atoms with Crippen LogP contribution >= 0.6 is 11.6 Å². The van der Waals surface area contributed by atoms with E-state index in [2.05, 4.69) is 15.0 Å². The van der Waals surface area contributed by atoms with Gasteiger partial charge in [0.05, 0.1) is 12.6 Å². The van der Waals surface area contributed by atoms with Crippen LogP contribution in [0.1, 0.15) is 18.0 Å². The Bertz CT molecular complexity index is 622. The highest BCUT2D eigenvalue weighted by Crippen LogP contribution is 2.33. The molecular weight excluding hydrogens is 290 g/mol. The largest absolute Gasteiger partial charge is 0.270 e. The summed E-state index contributed by atoms with van der Waals surface area (Å²) in [5.74, 6) is -1.07. The van der Waals surface area contributed by atoms with Crippen molar-refractivity contribution >= 4 is 17.5 Å². The predicted molar refractivity (Wildman–Crippen MR) is 67.0 cm³/mol. The molecule has 0 saturated carbocycles. The Kier molecular flexibility index (Phi) is 3.45. The van der Waals surface area contributed by atoms with E-state index in [1.165, 1.54) is 23.5 Å². The van der Waals surface area contributed by atoms with Gasteiger partial charge in [-0.2, -0.15) is 9.97 Å². The van der Waals surface area contributed by atoms with E-state index in [-0.39, 0.29) is 17.3 Å². The van der Waals surface area contributed by atoms with Crippen LogP contribution in [0.4, 0.5) is 14.7 Å². The van der Waals surface area contributed by atoms with E-state index in [1.54, 1.807) is 0 Å². The monoisotopic (exact) mass is 298 g/mol. The smallest absolute Gasteiger partial charge is 0.254 e. The molecule has 1 aromatic carbocycles. The highest BCUT2D eigenvalue weighted by molar-refractivity contribution is 6.28. The third-order valence-corrected chi connectivity index (χ3v) is 3.08. The summed E-state index contributed by atoms with van der Waals surface area (Å²) < 4.78 is 26.6. The van der Waals surface area contributed by atoms with Gasteiger partial charge in [0, 0.05) is 12.5 Å². The molecule has 2 heterocycles. The molecule has 1 saturated heterocycles. The molecule has 1 aromatic heterocycles. The number of anilines is 1. The van der Waals surface area contributed by atoms with Crippen LogP contribution in [0, 0.1) is 11.6 Å². The van der Waals surface area contributed by atoms with Crippen LogP contribution in [0.3, 0.4) is 0 Å². The molecule has 1 aliphatic heterocycles. The van der Waals surface area contributed by atoms with E-state index in [9.17, 15) is 8.78 Å². The van der Waals surface area contributed by atoms with Gasteiger partial charge in [0.15, 0.2) is 0 Å². The van der Waals surface area contributed by atoms with Crippen LogP contribution in [0.15, 0.2) is 24.5 Å². The molecule has 0 radical (unpaired) electrons. The lowest BCUT2D eigenvalue weighted by atomic mass is 10.0. The van der Waals surface area contributed by atoms with Gasteiger partial charge in [-0.3, -0.25) is 4.84 Å². The molecule has 0 aliphatic carbocycles. The average molecular weight is 299 g/mol. The summed E-state index contributed by atoms with van der Waals surface area (Å²) in [6.45, 7) is 0.395. The zero-order chi connectivity index (χ0) is 14.1. The molecule has 0 amide bonds. The lowest BCUT2D eigenvalue weighted by Crippen LogP contribution is -2.23. The highest BCUT2D eigenvalue weighted by Gasteiger charge is 2.30. The molecule has 3 rings (SSSR count). The fourth-order valence-corrected chi connectivity index (χ4v) is 2.23. The lowest BCUT2D eigenvalue weighted by molar-refractivity contribution is 0.154. The van der Waals surface area contributed by atoms with Gasteiger partial charge in [-0.1, -0.05) is 0 Å². The van der Waals surface area contributed by atoms with E-state index < -0.39 is 11.6 Å². The van der Waals surface area contributed by atoms with Crippen LogP contribution in [0.25, 0.3) is 0 Å². The number of hydroxylamine groups is 1. The quantitative estimate of drug-likeness (QED) is 0.853. The fraction of sp³-hybridized carbons (Fsp3) is 0.250. The van der Waals surface area contributed by atoms with Crippen molar-refractivity contribution in [2.45, 2.75) is 12.5 Å². The van der Waals surface area contributed by atoms with Crippen molar-refractivity contribution in [1.29, 1.82) is 0 Å². The minimum Gasteiger partial charge on any atom is -0.270 e. The first-order chi connectivity index (χ1) is 9.63. The Hall–Kier alpha value is -1.86. The molecule has 20 heavy (non-hydrogen) atoms. The molecule has 8 heteroatoms. The van der Waals surface area contributed by atoms with Crippen molar-refractivity contribution in [1.82, 2.24) is 15.0 Å². The van der Waals surface area contributed by atoms with Crippen molar-refractivity contribution in [2.75, 3.05) is 11.7 Å². The first-order valence-electron chi connectivity index (χ1n) is 5.86. The minimum absolute atomic E-state index is 0.0228. The SMILES string of the molecule is Fc1cc(F)cc([C@H]2CCON2c2ncnc(Cl)n2)c1. The second kappa shape index (κ2) is 5.26. The van der Waals surface area contributed by atoms with Gasteiger partial charge in [0.2, 0.25) is 5.28 Å². The van der Waals surface area contributed by atoms with Crippen LogP contribution < -0.4 is 5.06 Å². The van der Waals surface area contributed by atoms with Gasteiger partial charge in [0.1, 0.15) is 18.0 Å². The first kappa shape index (κ1) is 13.1. The number of aromatic nitrogens is 3. The van der Waals surface area contributed by atoms with Crippen molar-refractivity contribution in [3.05, 3.63) is 47.0 Å². The van der Waals surface area contributed by atoms with Crippen molar-refractivity contribution in [3.8, 4) is 0 Å². The normalized spacial score (nSPS) is 18.6. The number of rotatable bonds is 2. The molecule has 1 aliphatic rings. The second-order valence-corrected chi connectivity index (χ2v) is 4.56. The van der Waals surface area contributed by atoms with Gasteiger partial charge in [-0.05, 0) is 29.3 Å². The number of hydrogen-bond donors (Lipinski definition) is 0. The Morgan fingerprint density at radius 1 is 1.20 bits per heavy atom. The molecule has 104 valence electrons. The summed E-state index contributed by atoms with van der Waals surface area (Å²) in [6, 6.07) is 2.97. The molecule has 0 spiro atoms. The van der Waals surface area contributed by atoms with Crippen molar-refractivity contribution in [2.24, 2.45) is 0 Å². The predicted octanol–water partition coefficient (Wildman–Crippen LogP) is 2.69. The first-order valence-corrected chi connectivity index (χ1v) is 6.24. The summed E-state index contributed by atoms with van der Waals surface area (Å²) in [5, 5.41) is 1.41. The number of hydrogen-bond acceptors (Lipinski definition) is 5. The average Bonchev–Trinajstić information content (AvgIpc) is 2.86.